The Morgan fingerprint density at radius 1 is 1.18 bits per heavy atom. The zero-order chi connectivity index (χ0) is 27.2. The van der Waals surface area contributed by atoms with Gasteiger partial charge in [0.1, 0.15) is 13.2 Å². The molecule has 38 heavy (non-hydrogen) atoms. The first-order chi connectivity index (χ1) is 18.4. The Labute approximate surface area is 228 Å². The van der Waals surface area contributed by atoms with Gasteiger partial charge >= 0.3 is 5.97 Å². The van der Waals surface area contributed by atoms with Crippen LogP contribution in [-0.2, 0) is 14.3 Å². The third kappa shape index (κ3) is 5.68. The van der Waals surface area contributed by atoms with Gasteiger partial charge in [-0.1, -0.05) is 47.1 Å². The Bertz CT molecular complexity index is 1600. The van der Waals surface area contributed by atoms with Crippen molar-refractivity contribution in [3.8, 4) is 23.8 Å². The summed E-state index contributed by atoms with van der Waals surface area (Å²) in [5.74, 6) is 2.84. The first-order valence-electron chi connectivity index (χ1n) is 11.6. The van der Waals surface area contributed by atoms with E-state index in [-0.39, 0.29) is 31.0 Å². The number of thiazole rings is 1. The van der Waals surface area contributed by atoms with Crippen LogP contribution in [0.2, 0.25) is 5.02 Å². The number of benzene rings is 2. The molecule has 0 radical (unpaired) electrons. The van der Waals surface area contributed by atoms with Crippen LogP contribution in [0.4, 0.5) is 0 Å². The number of aromatic nitrogens is 1. The number of fused-ring (bicyclic) bond motifs is 1. The van der Waals surface area contributed by atoms with Crippen molar-refractivity contribution in [2.75, 3.05) is 34.0 Å². The number of hydrogen-bond donors (Lipinski definition) is 0. The highest BCUT2D eigenvalue weighted by Crippen LogP contribution is 2.31. The van der Waals surface area contributed by atoms with Crippen LogP contribution in [0.3, 0.4) is 0 Å². The summed E-state index contributed by atoms with van der Waals surface area (Å²) in [6, 6.07) is 11.5. The van der Waals surface area contributed by atoms with Gasteiger partial charge in [-0.3, -0.25) is 9.36 Å². The molecule has 1 aliphatic rings. The minimum atomic E-state index is -0.741. The molecule has 8 nitrogen and oxygen atoms in total. The number of ether oxygens (including phenoxy) is 4. The molecule has 1 aromatic heterocycles. The van der Waals surface area contributed by atoms with Crippen molar-refractivity contribution in [3.05, 3.63) is 89.6 Å². The van der Waals surface area contributed by atoms with Crippen LogP contribution in [0.1, 0.15) is 24.1 Å². The fourth-order valence-corrected chi connectivity index (χ4v) is 5.18. The van der Waals surface area contributed by atoms with E-state index in [1.165, 1.54) is 30.1 Å². The molecule has 0 saturated heterocycles. The molecule has 1 atom stereocenters. The molecule has 0 fully saturated rings. The maximum atomic E-state index is 13.7. The van der Waals surface area contributed by atoms with Crippen LogP contribution in [0, 0.1) is 12.3 Å². The molecule has 0 saturated carbocycles. The van der Waals surface area contributed by atoms with Gasteiger partial charge in [0.15, 0.2) is 16.3 Å². The molecule has 0 aliphatic carbocycles. The lowest BCUT2D eigenvalue weighted by Crippen LogP contribution is -2.40. The van der Waals surface area contributed by atoms with Crippen LogP contribution >= 0.6 is 22.9 Å². The van der Waals surface area contributed by atoms with Gasteiger partial charge in [0, 0.05) is 12.1 Å². The number of terminal acetylenes is 1. The highest BCUT2D eigenvalue weighted by atomic mass is 35.5. The topological polar surface area (TPSA) is 88.4 Å². The van der Waals surface area contributed by atoms with Crippen LogP contribution in [-0.4, -0.2) is 44.6 Å². The Morgan fingerprint density at radius 3 is 2.63 bits per heavy atom. The molecular formula is C28H25ClN2O6S. The summed E-state index contributed by atoms with van der Waals surface area (Å²) in [5.41, 5.74) is 1.87. The summed E-state index contributed by atoms with van der Waals surface area (Å²) in [5, 5.41) is 0.537. The predicted octanol–water partition coefficient (Wildman–Crippen LogP) is 3.10. The molecule has 0 spiro atoms. The van der Waals surface area contributed by atoms with E-state index >= 15 is 0 Å². The summed E-state index contributed by atoms with van der Waals surface area (Å²) in [7, 11) is 3.05. The van der Waals surface area contributed by atoms with E-state index < -0.39 is 12.0 Å². The van der Waals surface area contributed by atoms with E-state index in [0.717, 1.165) is 5.56 Å². The minimum Gasteiger partial charge on any atom is -0.493 e. The van der Waals surface area contributed by atoms with Crippen molar-refractivity contribution in [1.29, 1.82) is 0 Å². The van der Waals surface area contributed by atoms with E-state index in [9.17, 15) is 9.59 Å². The van der Waals surface area contributed by atoms with Crippen molar-refractivity contribution in [2.24, 2.45) is 4.99 Å². The maximum absolute atomic E-state index is 13.7. The van der Waals surface area contributed by atoms with Gasteiger partial charge in [-0.2, -0.15) is 0 Å². The quantitative estimate of drug-likeness (QED) is 0.230. The zero-order valence-corrected chi connectivity index (χ0v) is 22.6. The minimum absolute atomic E-state index is 0.0761. The highest BCUT2D eigenvalue weighted by Gasteiger charge is 2.33. The molecular weight excluding hydrogens is 528 g/mol. The molecule has 3 aromatic rings. The van der Waals surface area contributed by atoms with E-state index in [1.807, 2.05) is 0 Å². The third-order valence-electron chi connectivity index (χ3n) is 5.74. The summed E-state index contributed by atoms with van der Waals surface area (Å²) >= 11 is 7.34. The lowest BCUT2D eigenvalue weighted by atomic mass is 9.96. The van der Waals surface area contributed by atoms with E-state index in [1.54, 1.807) is 55.5 Å². The second-order valence-corrected chi connectivity index (χ2v) is 9.61. The van der Waals surface area contributed by atoms with Gasteiger partial charge < -0.3 is 18.9 Å². The number of esters is 1. The van der Waals surface area contributed by atoms with Crippen molar-refractivity contribution < 1.29 is 23.7 Å². The number of nitrogens with zero attached hydrogens (tertiary/aromatic N) is 2. The summed E-state index contributed by atoms with van der Waals surface area (Å²) < 4.78 is 23.3. The second kappa shape index (κ2) is 12.1. The zero-order valence-electron chi connectivity index (χ0n) is 21.0. The molecule has 196 valence electrons. The van der Waals surface area contributed by atoms with E-state index in [0.29, 0.717) is 37.1 Å². The van der Waals surface area contributed by atoms with Crippen LogP contribution in [0.25, 0.3) is 6.08 Å². The van der Waals surface area contributed by atoms with Gasteiger partial charge in [0.05, 0.1) is 35.6 Å². The first-order valence-corrected chi connectivity index (χ1v) is 12.8. The number of halogens is 1. The third-order valence-corrected chi connectivity index (χ3v) is 6.98. The Hall–Kier alpha value is -3.84. The van der Waals surface area contributed by atoms with Gasteiger partial charge in [-0.05, 0) is 48.4 Å². The average Bonchev–Trinajstić information content (AvgIpc) is 3.21. The number of carbonyl (C=O) groups excluding carboxylic acids is 1. The molecule has 0 amide bonds. The summed E-state index contributed by atoms with van der Waals surface area (Å²) in [4.78, 5) is 32.0. The van der Waals surface area contributed by atoms with Crippen LogP contribution < -0.4 is 24.4 Å². The van der Waals surface area contributed by atoms with Gasteiger partial charge in [-0.25, -0.2) is 9.79 Å². The van der Waals surface area contributed by atoms with Gasteiger partial charge in [-0.15, -0.1) is 6.42 Å². The number of methoxy groups -OCH3 is 2. The largest absolute Gasteiger partial charge is 0.493 e. The van der Waals surface area contributed by atoms with E-state index in [4.69, 9.17) is 37.0 Å². The lowest BCUT2D eigenvalue weighted by Gasteiger charge is -2.24. The fraction of sp³-hybridized carbons (Fsp3) is 0.250. The molecule has 4 rings (SSSR count). The van der Waals surface area contributed by atoms with Gasteiger partial charge in [0.25, 0.3) is 5.56 Å². The number of allylic oxidation sites excluding steroid dienone is 1. The molecule has 10 heteroatoms. The van der Waals surface area contributed by atoms with Crippen LogP contribution in [0.5, 0.6) is 11.5 Å². The standard InChI is InChI=1S/C28H25ClN2O6S/c1-5-12-36-21-11-6-18(15-22(21)35-4)16-23-26(32)31-25(19-7-9-20(29)10-8-19)24(17(2)30-28(31)38-23)27(33)37-14-13-34-3/h1,6-11,15-16,25H,12-14H2,2-4H3. The Kier molecular flexibility index (Phi) is 8.69. The highest BCUT2D eigenvalue weighted by molar-refractivity contribution is 7.07. The van der Waals surface area contributed by atoms with Crippen molar-refractivity contribution in [3.63, 3.8) is 0 Å². The SMILES string of the molecule is C#CCOc1ccc(C=c2sc3n(c2=O)C(c2ccc(Cl)cc2)C(C(=O)OCCOC)=C(C)N=3)cc1OC. The summed E-state index contributed by atoms with van der Waals surface area (Å²) in [6.45, 7) is 2.16. The van der Waals surface area contributed by atoms with Crippen molar-refractivity contribution in [1.82, 2.24) is 4.57 Å². The van der Waals surface area contributed by atoms with Gasteiger partial charge in [0.2, 0.25) is 0 Å². The number of carbonyl (C=O) groups is 1. The first kappa shape index (κ1) is 27.2. The number of rotatable bonds is 9. The molecule has 1 aliphatic heterocycles. The van der Waals surface area contributed by atoms with Crippen LogP contribution in [0.15, 0.2) is 63.5 Å². The fourth-order valence-electron chi connectivity index (χ4n) is 4.00. The molecule has 0 bridgehead atoms. The lowest BCUT2D eigenvalue weighted by molar-refractivity contribution is -0.140. The summed E-state index contributed by atoms with van der Waals surface area (Å²) in [6.07, 6.45) is 7.02. The van der Waals surface area contributed by atoms with Crippen molar-refractivity contribution in [2.45, 2.75) is 13.0 Å². The normalized spacial score (nSPS) is 14.9. The average molecular weight is 553 g/mol. The molecule has 1 unspecified atom stereocenters. The molecule has 2 heterocycles. The predicted molar refractivity (Wildman–Crippen MR) is 145 cm³/mol. The van der Waals surface area contributed by atoms with Crippen molar-refractivity contribution >= 4 is 35.0 Å². The Morgan fingerprint density at radius 2 is 1.95 bits per heavy atom. The molecule has 0 N–H and O–H groups in total. The van der Waals surface area contributed by atoms with E-state index in [2.05, 4.69) is 10.9 Å². The number of hydrogen-bond acceptors (Lipinski definition) is 8. The monoisotopic (exact) mass is 552 g/mol. The Balaban J connectivity index is 1.83. The molecule has 2 aromatic carbocycles. The second-order valence-electron chi connectivity index (χ2n) is 8.17. The maximum Gasteiger partial charge on any atom is 0.338 e. The smallest absolute Gasteiger partial charge is 0.338 e.